The molecule has 7 heteroatoms. The first-order chi connectivity index (χ1) is 12.6. The van der Waals surface area contributed by atoms with Crippen LogP contribution in [0.3, 0.4) is 0 Å². The van der Waals surface area contributed by atoms with Crippen LogP contribution in [-0.4, -0.2) is 18.1 Å². The van der Waals surface area contributed by atoms with Gasteiger partial charge in [-0.2, -0.15) is 5.26 Å². The molecule has 0 saturated heterocycles. The summed E-state index contributed by atoms with van der Waals surface area (Å²) in [6.45, 7) is 0. The Balaban J connectivity index is 1.71. The van der Waals surface area contributed by atoms with Crippen molar-refractivity contribution in [3.05, 3.63) is 63.6 Å². The summed E-state index contributed by atoms with van der Waals surface area (Å²) in [5, 5.41) is 11.6. The van der Waals surface area contributed by atoms with Gasteiger partial charge in [-0.25, -0.2) is 4.98 Å². The Bertz CT molecular complexity index is 994. The number of halogens is 1. The lowest BCUT2D eigenvalue weighted by Gasteiger charge is -2.08. The maximum atomic E-state index is 12.2. The molecule has 0 fully saturated rings. The molecule has 0 bridgehead atoms. The van der Waals surface area contributed by atoms with Gasteiger partial charge >= 0.3 is 5.97 Å². The van der Waals surface area contributed by atoms with Crippen LogP contribution >= 0.6 is 27.3 Å². The molecule has 2 aromatic carbocycles. The number of rotatable bonds is 5. The number of carbonyl (C=O) groups excluding carboxylic acids is 1. The molecular formula is C19H13BrN2O3S. The van der Waals surface area contributed by atoms with Gasteiger partial charge in [-0.1, -0.05) is 28.1 Å². The fraction of sp³-hybridized carbons (Fsp3) is 0.105. The van der Waals surface area contributed by atoms with E-state index in [-0.39, 0.29) is 12.2 Å². The van der Waals surface area contributed by atoms with E-state index >= 15 is 0 Å². The summed E-state index contributed by atoms with van der Waals surface area (Å²) in [5.41, 5.74) is 2.06. The van der Waals surface area contributed by atoms with Gasteiger partial charge in [-0.05, 0) is 24.3 Å². The molecule has 0 spiro atoms. The molecule has 3 rings (SSSR count). The molecule has 0 aliphatic carbocycles. The molecule has 0 saturated carbocycles. The minimum Gasteiger partial charge on any atom is -0.493 e. The maximum absolute atomic E-state index is 12.2. The number of thiazole rings is 1. The number of carbonyl (C=O) groups is 1. The highest BCUT2D eigenvalue weighted by molar-refractivity contribution is 9.10. The van der Waals surface area contributed by atoms with Crippen LogP contribution in [0.2, 0.25) is 0 Å². The average Bonchev–Trinajstić information content (AvgIpc) is 3.10. The van der Waals surface area contributed by atoms with E-state index in [2.05, 4.69) is 20.9 Å². The Labute approximate surface area is 163 Å². The van der Waals surface area contributed by atoms with Crippen molar-refractivity contribution in [1.82, 2.24) is 4.98 Å². The number of esters is 1. The van der Waals surface area contributed by atoms with Crippen molar-refractivity contribution in [1.29, 1.82) is 5.26 Å². The number of nitrogens with zero attached hydrogens (tertiary/aromatic N) is 2. The number of aromatic nitrogens is 1. The van der Waals surface area contributed by atoms with E-state index in [4.69, 9.17) is 14.7 Å². The van der Waals surface area contributed by atoms with E-state index in [1.54, 1.807) is 12.1 Å². The number of benzene rings is 2. The second kappa shape index (κ2) is 8.13. The standard InChI is InChI=1S/C19H13BrN2O3S/c1-24-17-7-12(10-21)5-6-16(17)25-18(23)9-15-11-26-19(22-15)13-3-2-4-14(20)8-13/h2-8,11H,9H2,1H3. The fourth-order valence-electron chi connectivity index (χ4n) is 2.27. The van der Waals surface area contributed by atoms with Gasteiger partial charge in [0.05, 0.1) is 30.9 Å². The summed E-state index contributed by atoms with van der Waals surface area (Å²) < 4.78 is 11.5. The molecule has 1 heterocycles. The third kappa shape index (κ3) is 4.28. The molecular weight excluding hydrogens is 416 g/mol. The molecule has 0 atom stereocenters. The predicted molar refractivity (Wildman–Crippen MR) is 102 cm³/mol. The minimum atomic E-state index is -0.445. The van der Waals surface area contributed by atoms with Crippen molar-refractivity contribution in [2.24, 2.45) is 0 Å². The van der Waals surface area contributed by atoms with Crippen LogP contribution in [-0.2, 0) is 11.2 Å². The van der Waals surface area contributed by atoms with Gasteiger partial charge in [-0.3, -0.25) is 4.79 Å². The van der Waals surface area contributed by atoms with Crippen molar-refractivity contribution in [3.8, 4) is 28.1 Å². The topological polar surface area (TPSA) is 72.2 Å². The van der Waals surface area contributed by atoms with Gasteiger partial charge < -0.3 is 9.47 Å². The third-order valence-electron chi connectivity index (χ3n) is 3.47. The molecule has 0 amide bonds. The van der Waals surface area contributed by atoms with Gasteiger partial charge in [0.25, 0.3) is 0 Å². The lowest BCUT2D eigenvalue weighted by Crippen LogP contribution is -2.12. The lowest BCUT2D eigenvalue weighted by molar-refractivity contribution is -0.133. The van der Waals surface area contributed by atoms with E-state index in [9.17, 15) is 4.79 Å². The Kier molecular flexibility index (Phi) is 5.66. The molecule has 5 nitrogen and oxygen atoms in total. The van der Waals surface area contributed by atoms with Gasteiger partial charge in [-0.15, -0.1) is 11.3 Å². The van der Waals surface area contributed by atoms with Crippen molar-refractivity contribution >= 4 is 33.2 Å². The number of ether oxygens (including phenoxy) is 2. The van der Waals surface area contributed by atoms with Crippen molar-refractivity contribution in [3.63, 3.8) is 0 Å². The highest BCUT2D eigenvalue weighted by Gasteiger charge is 2.14. The Hall–Kier alpha value is -2.69. The van der Waals surface area contributed by atoms with E-state index in [1.807, 2.05) is 35.7 Å². The second-order valence-corrected chi connectivity index (χ2v) is 7.06. The molecule has 0 aliphatic rings. The molecule has 0 radical (unpaired) electrons. The fourth-order valence-corrected chi connectivity index (χ4v) is 3.49. The van der Waals surface area contributed by atoms with Crippen molar-refractivity contribution in [2.45, 2.75) is 6.42 Å². The monoisotopic (exact) mass is 428 g/mol. The zero-order valence-corrected chi connectivity index (χ0v) is 16.1. The van der Waals surface area contributed by atoms with Gasteiger partial charge in [0.1, 0.15) is 5.01 Å². The Morgan fingerprint density at radius 2 is 2.12 bits per heavy atom. The van der Waals surface area contributed by atoms with E-state index < -0.39 is 5.97 Å². The summed E-state index contributed by atoms with van der Waals surface area (Å²) in [6, 6.07) is 14.5. The van der Waals surface area contributed by atoms with Crippen molar-refractivity contribution in [2.75, 3.05) is 7.11 Å². The predicted octanol–water partition coefficient (Wildman–Crippen LogP) is 4.60. The molecule has 0 aliphatic heterocycles. The summed E-state index contributed by atoms with van der Waals surface area (Å²) in [6.07, 6.45) is 0.0493. The number of nitriles is 1. The maximum Gasteiger partial charge on any atom is 0.317 e. The quantitative estimate of drug-likeness (QED) is 0.438. The molecule has 26 heavy (non-hydrogen) atoms. The number of hydrogen-bond acceptors (Lipinski definition) is 6. The highest BCUT2D eigenvalue weighted by Crippen LogP contribution is 2.29. The Morgan fingerprint density at radius 1 is 1.27 bits per heavy atom. The molecule has 1 aromatic heterocycles. The first-order valence-corrected chi connectivity index (χ1v) is 9.25. The first-order valence-electron chi connectivity index (χ1n) is 7.58. The van der Waals surface area contributed by atoms with Gasteiger partial charge in [0.15, 0.2) is 11.5 Å². The van der Waals surface area contributed by atoms with Crippen LogP contribution in [0.4, 0.5) is 0 Å². The van der Waals surface area contributed by atoms with Crippen LogP contribution < -0.4 is 9.47 Å². The SMILES string of the molecule is COc1cc(C#N)ccc1OC(=O)Cc1csc(-c2cccc(Br)c2)n1. The van der Waals surface area contributed by atoms with Gasteiger partial charge in [0, 0.05) is 21.5 Å². The smallest absolute Gasteiger partial charge is 0.317 e. The number of methoxy groups -OCH3 is 1. The van der Waals surface area contributed by atoms with Gasteiger partial charge in [0.2, 0.25) is 0 Å². The van der Waals surface area contributed by atoms with Crippen LogP contribution in [0, 0.1) is 11.3 Å². The summed E-state index contributed by atoms with van der Waals surface area (Å²) >= 11 is 4.91. The zero-order chi connectivity index (χ0) is 18.5. The zero-order valence-electron chi connectivity index (χ0n) is 13.7. The Morgan fingerprint density at radius 3 is 2.85 bits per heavy atom. The third-order valence-corrected chi connectivity index (χ3v) is 4.90. The summed E-state index contributed by atoms with van der Waals surface area (Å²) in [4.78, 5) is 16.7. The van der Waals surface area contributed by atoms with Crippen LogP contribution in [0.5, 0.6) is 11.5 Å². The van der Waals surface area contributed by atoms with Crippen molar-refractivity contribution < 1.29 is 14.3 Å². The average molecular weight is 429 g/mol. The largest absolute Gasteiger partial charge is 0.493 e. The highest BCUT2D eigenvalue weighted by atomic mass is 79.9. The molecule has 0 unspecified atom stereocenters. The summed E-state index contributed by atoms with van der Waals surface area (Å²) in [5.74, 6) is 0.170. The minimum absolute atomic E-state index is 0.0493. The normalized spacial score (nSPS) is 10.2. The molecule has 3 aromatic rings. The van der Waals surface area contributed by atoms with Crippen LogP contribution in [0.1, 0.15) is 11.3 Å². The van der Waals surface area contributed by atoms with E-state index in [1.165, 1.54) is 24.5 Å². The molecule has 0 N–H and O–H groups in total. The van der Waals surface area contributed by atoms with Crippen LogP contribution in [0.15, 0.2) is 52.3 Å². The summed E-state index contributed by atoms with van der Waals surface area (Å²) in [7, 11) is 1.46. The van der Waals surface area contributed by atoms with E-state index in [0.717, 1.165) is 15.0 Å². The van der Waals surface area contributed by atoms with E-state index in [0.29, 0.717) is 17.0 Å². The van der Waals surface area contributed by atoms with Crippen LogP contribution in [0.25, 0.3) is 10.6 Å². The number of hydrogen-bond donors (Lipinski definition) is 0. The lowest BCUT2D eigenvalue weighted by atomic mass is 10.2. The first kappa shape index (κ1) is 18.1. The second-order valence-electron chi connectivity index (χ2n) is 5.28. The molecule has 130 valence electrons.